The van der Waals surface area contributed by atoms with Gasteiger partial charge in [0.1, 0.15) is 0 Å². The Balaban J connectivity index is 1.53. The third-order valence-corrected chi connectivity index (χ3v) is 5.83. The minimum Gasteiger partial charge on any atom is -0.370 e. The molecular weight excluding hydrogens is 380 g/mol. The number of carbonyl (C=O) groups excluding carboxylic acids is 3. The van der Waals surface area contributed by atoms with E-state index in [4.69, 9.17) is 5.73 Å². The Morgan fingerprint density at radius 1 is 1.07 bits per heavy atom. The molecule has 7 heteroatoms. The normalized spacial score (nSPS) is 18.7. The maximum atomic E-state index is 13.0. The van der Waals surface area contributed by atoms with Gasteiger partial charge in [0, 0.05) is 37.3 Å². The number of rotatable bonds is 5. The summed E-state index contributed by atoms with van der Waals surface area (Å²) < 4.78 is 0. The monoisotopic (exact) mass is 406 g/mol. The summed E-state index contributed by atoms with van der Waals surface area (Å²) in [5, 5.41) is 2.96. The van der Waals surface area contributed by atoms with Gasteiger partial charge in [0.15, 0.2) is 0 Å². The number of nitrogens with zero attached hydrogens (tertiary/aromatic N) is 2. The van der Waals surface area contributed by atoms with Crippen molar-refractivity contribution in [2.45, 2.75) is 26.2 Å². The number of carbonyl (C=O) groups is 3. The van der Waals surface area contributed by atoms with Gasteiger partial charge < -0.3 is 20.9 Å². The first-order chi connectivity index (χ1) is 14.4. The Hall–Kier alpha value is -3.35. The van der Waals surface area contributed by atoms with Gasteiger partial charge in [0.2, 0.25) is 17.7 Å². The van der Waals surface area contributed by atoms with Crippen LogP contribution in [0.5, 0.6) is 0 Å². The van der Waals surface area contributed by atoms with Crippen molar-refractivity contribution in [3.63, 3.8) is 0 Å². The molecule has 2 heterocycles. The molecule has 2 aliphatic heterocycles. The van der Waals surface area contributed by atoms with E-state index in [1.165, 1.54) is 0 Å². The number of hydrogen-bond acceptors (Lipinski definition) is 4. The van der Waals surface area contributed by atoms with Crippen LogP contribution in [0.2, 0.25) is 0 Å². The molecule has 2 aromatic carbocycles. The third kappa shape index (κ3) is 4.01. The summed E-state index contributed by atoms with van der Waals surface area (Å²) in [6.45, 7) is 4.14. The quantitative estimate of drug-likeness (QED) is 0.798. The summed E-state index contributed by atoms with van der Waals surface area (Å²) in [4.78, 5) is 41.0. The van der Waals surface area contributed by atoms with Crippen molar-refractivity contribution >= 4 is 34.8 Å². The lowest BCUT2D eigenvalue weighted by Gasteiger charge is -2.23. The maximum absolute atomic E-state index is 13.0. The highest BCUT2D eigenvalue weighted by molar-refractivity contribution is 6.05. The van der Waals surface area contributed by atoms with Crippen LogP contribution in [-0.2, 0) is 9.59 Å². The first-order valence-corrected chi connectivity index (χ1v) is 10.3. The molecule has 1 atom stereocenters. The topological polar surface area (TPSA) is 95.7 Å². The Bertz CT molecular complexity index is 980. The lowest BCUT2D eigenvalue weighted by atomic mass is 10.1. The number of nitrogens with one attached hydrogen (secondary N) is 1. The summed E-state index contributed by atoms with van der Waals surface area (Å²) in [5.41, 5.74) is 9.14. The molecule has 156 valence electrons. The van der Waals surface area contributed by atoms with Crippen LogP contribution < -0.4 is 20.9 Å². The first kappa shape index (κ1) is 19.9. The second-order valence-corrected chi connectivity index (χ2v) is 8.02. The van der Waals surface area contributed by atoms with Gasteiger partial charge in [0.05, 0.1) is 17.3 Å². The molecular formula is C23H26N4O3. The van der Waals surface area contributed by atoms with E-state index in [9.17, 15) is 14.4 Å². The summed E-state index contributed by atoms with van der Waals surface area (Å²) in [5.74, 6) is -1.28. The average molecular weight is 406 g/mol. The molecule has 30 heavy (non-hydrogen) atoms. The van der Waals surface area contributed by atoms with E-state index in [2.05, 4.69) is 10.2 Å². The second-order valence-electron chi connectivity index (χ2n) is 8.02. The highest BCUT2D eigenvalue weighted by Gasteiger charge is 2.35. The summed E-state index contributed by atoms with van der Waals surface area (Å²) in [7, 11) is 0. The highest BCUT2D eigenvalue weighted by atomic mass is 16.2. The molecule has 1 unspecified atom stereocenters. The zero-order chi connectivity index (χ0) is 21.3. The van der Waals surface area contributed by atoms with Crippen LogP contribution in [0.3, 0.4) is 0 Å². The maximum Gasteiger partial charge on any atom is 0.248 e. The molecule has 0 aromatic heterocycles. The number of primary amides is 1. The van der Waals surface area contributed by atoms with E-state index in [-0.39, 0.29) is 18.2 Å². The molecule has 3 N–H and O–H groups in total. The van der Waals surface area contributed by atoms with Gasteiger partial charge in [-0.15, -0.1) is 0 Å². The third-order valence-electron chi connectivity index (χ3n) is 5.83. The van der Waals surface area contributed by atoms with Gasteiger partial charge in [-0.25, -0.2) is 0 Å². The molecule has 7 nitrogen and oxygen atoms in total. The first-order valence-electron chi connectivity index (χ1n) is 10.3. The summed E-state index contributed by atoms with van der Waals surface area (Å²) in [6, 6.07) is 12.8. The van der Waals surface area contributed by atoms with E-state index >= 15 is 0 Å². The van der Waals surface area contributed by atoms with E-state index in [0.717, 1.165) is 42.9 Å². The standard InChI is InChI=1S/C23H26N4O3/c1-15-4-7-18(8-5-15)27-14-17(13-21(27)28)23(30)25-19-12-16(22(24)29)6-9-20(19)26-10-2-3-11-26/h4-9,12,17H,2-3,10-11,13-14H2,1H3,(H2,24,29)(H,25,30). The molecule has 0 spiro atoms. The van der Waals surface area contributed by atoms with Crippen molar-refractivity contribution in [1.29, 1.82) is 0 Å². The van der Waals surface area contributed by atoms with Crippen molar-refractivity contribution in [1.82, 2.24) is 0 Å². The fourth-order valence-electron chi connectivity index (χ4n) is 4.12. The van der Waals surface area contributed by atoms with Crippen molar-refractivity contribution in [2.24, 2.45) is 11.7 Å². The molecule has 2 saturated heterocycles. The van der Waals surface area contributed by atoms with Crippen LogP contribution in [0.1, 0.15) is 35.2 Å². The van der Waals surface area contributed by atoms with Crippen molar-refractivity contribution in [3.8, 4) is 0 Å². The molecule has 2 aliphatic rings. The Morgan fingerprint density at radius 2 is 1.77 bits per heavy atom. The van der Waals surface area contributed by atoms with E-state index < -0.39 is 11.8 Å². The Morgan fingerprint density at radius 3 is 2.43 bits per heavy atom. The van der Waals surface area contributed by atoms with Crippen LogP contribution in [0, 0.1) is 12.8 Å². The number of benzene rings is 2. The molecule has 2 aromatic rings. The second kappa shape index (κ2) is 8.18. The fourth-order valence-corrected chi connectivity index (χ4v) is 4.12. The summed E-state index contributed by atoms with van der Waals surface area (Å²) in [6.07, 6.45) is 2.34. The lowest BCUT2D eigenvalue weighted by Crippen LogP contribution is -2.29. The minimum atomic E-state index is -0.542. The number of anilines is 3. The lowest BCUT2D eigenvalue weighted by molar-refractivity contribution is -0.122. The fraction of sp³-hybridized carbons (Fsp3) is 0.348. The van der Waals surface area contributed by atoms with E-state index in [0.29, 0.717) is 17.8 Å². The van der Waals surface area contributed by atoms with Gasteiger partial charge in [-0.1, -0.05) is 17.7 Å². The Labute approximate surface area is 175 Å². The van der Waals surface area contributed by atoms with Gasteiger partial charge in [0.25, 0.3) is 0 Å². The SMILES string of the molecule is Cc1ccc(N2CC(C(=O)Nc3cc(C(N)=O)ccc3N3CCCC3)CC2=O)cc1. The molecule has 0 radical (unpaired) electrons. The van der Waals surface area contributed by atoms with Crippen LogP contribution in [-0.4, -0.2) is 37.4 Å². The average Bonchev–Trinajstić information content (AvgIpc) is 3.38. The molecule has 4 rings (SSSR count). The van der Waals surface area contributed by atoms with Gasteiger partial charge in [-0.2, -0.15) is 0 Å². The van der Waals surface area contributed by atoms with Crippen LogP contribution in [0.25, 0.3) is 0 Å². The largest absolute Gasteiger partial charge is 0.370 e. The van der Waals surface area contributed by atoms with Crippen molar-refractivity contribution in [3.05, 3.63) is 53.6 Å². The highest BCUT2D eigenvalue weighted by Crippen LogP contribution is 2.32. The number of aryl methyl sites for hydroxylation is 1. The number of nitrogens with two attached hydrogens (primary N) is 1. The summed E-state index contributed by atoms with van der Waals surface area (Å²) >= 11 is 0. The molecule has 0 saturated carbocycles. The van der Waals surface area contributed by atoms with Crippen LogP contribution in [0.4, 0.5) is 17.1 Å². The molecule has 3 amide bonds. The predicted octanol–water partition coefficient (Wildman–Crippen LogP) is 2.69. The molecule has 0 aliphatic carbocycles. The van der Waals surface area contributed by atoms with Gasteiger partial charge >= 0.3 is 0 Å². The van der Waals surface area contributed by atoms with Gasteiger partial charge in [-0.05, 0) is 50.1 Å². The van der Waals surface area contributed by atoms with E-state index in [1.54, 1.807) is 17.0 Å². The number of amides is 3. The minimum absolute atomic E-state index is 0.0651. The number of hydrogen-bond donors (Lipinski definition) is 2. The zero-order valence-corrected chi connectivity index (χ0v) is 17.1. The Kier molecular flexibility index (Phi) is 5.44. The van der Waals surface area contributed by atoms with Crippen molar-refractivity contribution < 1.29 is 14.4 Å². The van der Waals surface area contributed by atoms with E-state index in [1.807, 2.05) is 37.3 Å². The predicted molar refractivity (Wildman–Crippen MR) is 117 cm³/mol. The smallest absolute Gasteiger partial charge is 0.248 e. The van der Waals surface area contributed by atoms with Crippen LogP contribution >= 0.6 is 0 Å². The molecule has 2 fully saturated rings. The zero-order valence-electron chi connectivity index (χ0n) is 17.1. The van der Waals surface area contributed by atoms with Crippen LogP contribution in [0.15, 0.2) is 42.5 Å². The van der Waals surface area contributed by atoms with Crippen molar-refractivity contribution in [2.75, 3.05) is 34.8 Å². The van der Waals surface area contributed by atoms with Gasteiger partial charge in [-0.3, -0.25) is 14.4 Å². The molecule has 0 bridgehead atoms.